The number of hydrogen-bond donors (Lipinski definition) is 1. The van der Waals surface area contributed by atoms with E-state index in [1.807, 2.05) is 0 Å². The first kappa shape index (κ1) is 18.2. The van der Waals surface area contributed by atoms with E-state index in [-0.39, 0.29) is 24.2 Å². The summed E-state index contributed by atoms with van der Waals surface area (Å²) in [6.45, 7) is 7.81. The second-order valence-corrected chi connectivity index (χ2v) is 6.66. The maximum atomic E-state index is 14.3. The van der Waals surface area contributed by atoms with Gasteiger partial charge in [0.1, 0.15) is 5.82 Å². The maximum Gasteiger partial charge on any atom is 0.221 e. The van der Waals surface area contributed by atoms with Gasteiger partial charge in [-0.3, -0.25) is 14.6 Å². The van der Waals surface area contributed by atoms with Crippen LogP contribution in [0.5, 0.6) is 0 Å². The van der Waals surface area contributed by atoms with E-state index in [1.165, 1.54) is 12.1 Å². The minimum atomic E-state index is -0.311. The van der Waals surface area contributed by atoms with E-state index in [1.54, 1.807) is 13.1 Å². The number of amides is 1. The molecule has 1 unspecified atom stereocenters. The summed E-state index contributed by atoms with van der Waals surface area (Å²) >= 11 is 6.04. The molecule has 4 nitrogen and oxygen atoms in total. The molecule has 1 aliphatic rings. The van der Waals surface area contributed by atoms with Crippen LogP contribution in [0.1, 0.15) is 31.9 Å². The number of halogens is 2. The Morgan fingerprint density at radius 3 is 2.43 bits per heavy atom. The molecule has 0 bridgehead atoms. The molecule has 1 saturated heterocycles. The Morgan fingerprint density at radius 2 is 1.87 bits per heavy atom. The lowest BCUT2D eigenvalue weighted by atomic mass is 9.99. The van der Waals surface area contributed by atoms with Crippen LogP contribution in [0.4, 0.5) is 4.39 Å². The summed E-state index contributed by atoms with van der Waals surface area (Å²) in [5, 5.41) is 3.12. The molecule has 1 aliphatic heterocycles. The van der Waals surface area contributed by atoms with Crippen LogP contribution in [0.3, 0.4) is 0 Å². The fourth-order valence-corrected chi connectivity index (χ4v) is 3.23. The average Bonchev–Trinajstić information content (AvgIpc) is 2.55. The topological polar surface area (TPSA) is 35.6 Å². The Bertz CT molecular complexity index is 545. The molecule has 1 N–H and O–H groups in total. The molecule has 128 valence electrons. The van der Waals surface area contributed by atoms with E-state index in [4.69, 9.17) is 11.6 Å². The number of hydrogen-bond acceptors (Lipinski definition) is 3. The van der Waals surface area contributed by atoms with Crippen molar-refractivity contribution < 1.29 is 9.18 Å². The molecule has 6 heteroatoms. The van der Waals surface area contributed by atoms with Crippen LogP contribution >= 0.6 is 11.6 Å². The van der Waals surface area contributed by atoms with E-state index in [0.717, 1.165) is 26.2 Å². The third kappa shape index (κ3) is 4.66. The van der Waals surface area contributed by atoms with Crippen molar-refractivity contribution in [2.75, 3.05) is 33.2 Å². The number of nitrogens with one attached hydrogen (secondary N) is 1. The van der Waals surface area contributed by atoms with Crippen LogP contribution in [0.15, 0.2) is 18.2 Å². The van der Waals surface area contributed by atoms with Crippen molar-refractivity contribution in [3.63, 3.8) is 0 Å². The van der Waals surface area contributed by atoms with Crippen molar-refractivity contribution in [2.24, 2.45) is 0 Å². The lowest BCUT2D eigenvalue weighted by Crippen LogP contribution is -2.50. The van der Waals surface area contributed by atoms with Crippen LogP contribution < -0.4 is 5.32 Å². The van der Waals surface area contributed by atoms with E-state index in [0.29, 0.717) is 16.6 Å². The molecule has 2 rings (SSSR count). The summed E-state index contributed by atoms with van der Waals surface area (Å²) in [5.41, 5.74) is 0.499. The molecule has 1 atom stereocenters. The molecular weight excluding hydrogens is 317 g/mol. The van der Waals surface area contributed by atoms with Crippen LogP contribution in [-0.2, 0) is 4.79 Å². The fraction of sp³-hybridized carbons (Fsp3) is 0.588. The average molecular weight is 342 g/mol. The molecule has 0 aliphatic carbocycles. The second kappa shape index (κ2) is 8.08. The molecule has 1 amide bonds. The third-order valence-corrected chi connectivity index (χ3v) is 4.73. The fourth-order valence-electron chi connectivity index (χ4n) is 3.05. The largest absolute Gasteiger partial charge is 0.359 e. The summed E-state index contributed by atoms with van der Waals surface area (Å²) in [7, 11) is 1.60. The van der Waals surface area contributed by atoms with Crippen LogP contribution in [-0.4, -0.2) is 55.0 Å². The number of benzene rings is 1. The molecule has 0 aromatic heterocycles. The minimum Gasteiger partial charge on any atom is -0.359 e. The van der Waals surface area contributed by atoms with E-state index in [2.05, 4.69) is 29.0 Å². The third-order valence-electron chi connectivity index (χ3n) is 4.49. The van der Waals surface area contributed by atoms with Gasteiger partial charge in [0.05, 0.1) is 0 Å². The monoisotopic (exact) mass is 341 g/mol. The highest BCUT2D eigenvalue weighted by Gasteiger charge is 2.29. The normalized spacial score (nSPS) is 18.2. The second-order valence-electron chi connectivity index (χ2n) is 6.22. The summed E-state index contributed by atoms with van der Waals surface area (Å²) in [6.07, 6.45) is 0.232. The summed E-state index contributed by atoms with van der Waals surface area (Å²) in [5.74, 6) is -0.407. The zero-order valence-corrected chi connectivity index (χ0v) is 14.7. The molecule has 1 heterocycles. The summed E-state index contributed by atoms with van der Waals surface area (Å²) < 4.78 is 14.3. The molecular formula is C17H25ClFN3O. The molecule has 23 heavy (non-hydrogen) atoms. The lowest BCUT2D eigenvalue weighted by molar-refractivity contribution is -0.122. The van der Waals surface area contributed by atoms with Crippen molar-refractivity contribution in [3.8, 4) is 0 Å². The highest BCUT2D eigenvalue weighted by Crippen LogP contribution is 2.30. The molecule has 0 saturated carbocycles. The smallest absolute Gasteiger partial charge is 0.221 e. The van der Waals surface area contributed by atoms with Gasteiger partial charge in [0, 0.05) is 62.3 Å². The Labute approximate surface area is 142 Å². The van der Waals surface area contributed by atoms with E-state index < -0.39 is 0 Å². The number of rotatable bonds is 5. The van der Waals surface area contributed by atoms with E-state index >= 15 is 0 Å². The van der Waals surface area contributed by atoms with Crippen LogP contribution in [0, 0.1) is 5.82 Å². The van der Waals surface area contributed by atoms with Crippen molar-refractivity contribution >= 4 is 17.5 Å². The highest BCUT2D eigenvalue weighted by atomic mass is 35.5. The van der Waals surface area contributed by atoms with E-state index in [9.17, 15) is 9.18 Å². The van der Waals surface area contributed by atoms with Crippen molar-refractivity contribution in [3.05, 3.63) is 34.6 Å². The van der Waals surface area contributed by atoms with Crippen molar-refractivity contribution in [2.45, 2.75) is 32.4 Å². The molecule has 1 aromatic rings. The Balaban J connectivity index is 2.21. The van der Waals surface area contributed by atoms with Gasteiger partial charge in [0.25, 0.3) is 0 Å². The van der Waals surface area contributed by atoms with Crippen LogP contribution in [0.2, 0.25) is 5.02 Å². The predicted molar refractivity (Wildman–Crippen MR) is 91.1 cm³/mol. The minimum absolute atomic E-state index is 0.0966. The Kier molecular flexibility index (Phi) is 6.39. The zero-order chi connectivity index (χ0) is 17.0. The SMILES string of the molecule is CNC(=O)CC(c1cc(Cl)ccc1F)N1CCN(C(C)C)CC1. The van der Waals surface area contributed by atoms with Gasteiger partial charge in [-0.05, 0) is 32.0 Å². The van der Waals surface area contributed by atoms with Gasteiger partial charge in [-0.15, -0.1) is 0 Å². The standard InChI is InChI=1S/C17H25ClFN3O/c1-12(2)21-6-8-22(9-7-21)16(11-17(23)20-3)14-10-13(18)4-5-15(14)19/h4-5,10,12,16H,6-9,11H2,1-3H3,(H,20,23). The number of carbonyl (C=O) groups excluding carboxylic acids is 1. The quantitative estimate of drug-likeness (QED) is 0.894. The van der Waals surface area contributed by atoms with Gasteiger partial charge in [0.2, 0.25) is 5.91 Å². The summed E-state index contributed by atoms with van der Waals surface area (Å²) in [6, 6.07) is 4.76. The highest BCUT2D eigenvalue weighted by molar-refractivity contribution is 6.30. The Hall–Kier alpha value is -1.17. The molecule has 0 spiro atoms. The maximum absolute atomic E-state index is 14.3. The van der Waals surface area contributed by atoms with Gasteiger partial charge < -0.3 is 5.32 Å². The first-order valence-electron chi connectivity index (χ1n) is 8.06. The summed E-state index contributed by atoms with van der Waals surface area (Å²) in [4.78, 5) is 16.5. The van der Waals surface area contributed by atoms with Gasteiger partial charge in [-0.2, -0.15) is 0 Å². The van der Waals surface area contributed by atoms with Gasteiger partial charge in [-0.25, -0.2) is 4.39 Å². The first-order valence-corrected chi connectivity index (χ1v) is 8.43. The Morgan fingerprint density at radius 1 is 1.26 bits per heavy atom. The van der Waals surface area contributed by atoms with Gasteiger partial charge in [0.15, 0.2) is 0 Å². The zero-order valence-electron chi connectivity index (χ0n) is 14.0. The first-order chi connectivity index (χ1) is 10.9. The van der Waals surface area contributed by atoms with Gasteiger partial charge in [-0.1, -0.05) is 11.6 Å². The predicted octanol–water partition coefficient (Wildman–Crippen LogP) is 2.68. The van der Waals surface area contributed by atoms with Crippen molar-refractivity contribution in [1.29, 1.82) is 0 Å². The molecule has 1 aromatic carbocycles. The number of nitrogens with zero attached hydrogens (tertiary/aromatic N) is 2. The number of piperazine rings is 1. The molecule has 1 fully saturated rings. The molecule has 0 radical (unpaired) electrons. The number of carbonyl (C=O) groups is 1. The lowest BCUT2D eigenvalue weighted by Gasteiger charge is -2.41. The van der Waals surface area contributed by atoms with Crippen LogP contribution in [0.25, 0.3) is 0 Å². The van der Waals surface area contributed by atoms with Crippen molar-refractivity contribution in [1.82, 2.24) is 15.1 Å². The van der Waals surface area contributed by atoms with Gasteiger partial charge >= 0.3 is 0 Å².